The Labute approximate surface area is 114 Å². The monoisotopic (exact) mass is 306 g/mol. The van der Waals surface area contributed by atoms with Gasteiger partial charge >= 0.3 is 0 Å². The molecule has 1 aromatic carbocycles. The van der Waals surface area contributed by atoms with Gasteiger partial charge in [-0.3, -0.25) is 0 Å². The van der Waals surface area contributed by atoms with Gasteiger partial charge in [0.05, 0.1) is 4.90 Å². The van der Waals surface area contributed by atoms with Crippen molar-refractivity contribution in [2.24, 2.45) is 11.8 Å². The molecule has 4 nitrogen and oxygen atoms in total. The number of sulfonamides is 1. The molecule has 0 aromatic heterocycles. The maximum Gasteiger partial charge on any atom is 0.243 e. The van der Waals surface area contributed by atoms with Crippen LogP contribution in [-0.4, -0.2) is 38.9 Å². The largest absolute Gasteiger partial charge is 0.316 e. The lowest BCUT2D eigenvalue weighted by Crippen LogP contribution is -2.32. The Morgan fingerprint density at radius 1 is 1.05 bits per heavy atom. The molecule has 2 heterocycles. The number of benzene rings is 1. The number of rotatable bonds is 2. The van der Waals surface area contributed by atoms with Gasteiger partial charge < -0.3 is 5.32 Å². The molecule has 3 rings (SSSR count). The molecule has 2 saturated heterocycles. The van der Waals surface area contributed by atoms with E-state index in [4.69, 9.17) is 0 Å². The van der Waals surface area contributed by atoms with Crippen molar-refractivity contribution in [3.63, 3.8) is 0 Å². The van der Waals surface area contributed by atoms with Crippen molar-refractivity contribution in [3.05, 3.63) is 29.6 Å². The molecule has 20 heavy (non-hydrogen) atoms. The van der Waals surface area contributed by atoms with E-state index in [0.717, 1.165) is 13.1 Å². The zero-order valence-corrected chi connectivity index (χ0v) is 11.3. The minimum atomic E-state index is -3.98. The van der Waals surface area contributed by atoms with E-state index in [1.54, 1.807) is 0 Å². The van der Waals surface area contributed by atoms with Crippen LogP contribution in [0.3, 0.4) is 0 Å². The van der Waals surface area contributed by atoms with Crippen molar-refractivity contribution >= 4 is 10.0 Å². The van der Waals surface area contributed by atoms with Gasteiger partial charge in [-0.25, -0.2) is 21.6 Å². The summed E-state index contributed by atoms with van der Waals surface area (Å²) in [6, 6.07) is 1.06. The Kier molecular flexibility index (Phi) is 3.26. The molecule has 2 atom stereocenters. The van der Waals surface area contributed by atoms with Crippen molar-refractivity contribution in [1.29, 1.82) is 0 Å². The molecule has 0 saturated carbocycles. The molecule has 1 N–H and O–H groups in total. The third-order valence-electron chi connectivity index (χ3n) is 3.95. The summed E-state index contributed by atoms with van der Waals surface area (Å²) in [4.78, 5) is -0.540. The Hall–Kier alpha value is -1.12. The molecule has 0 spiro atoms. The summed E-state index contributed by atoms with van der Waals surface area (Å²) >= 11 is 0. The van der Waals surface area contributed by atoms with Gasteiger partial charge in [-0.15, -0.1) is 0 Å². The molecule has 0 amide bonds. The van der Waals surface area contributed by atoms with Crippen molar-refractivity contribution < 1.29 is 21.6 Å². The molecule has 0 aliphatic carbocycles. The van der Waals surface area contributed by atoms with Crippen molar-refractivity contribution in [1.82, 2.24) is 9.62 Å². The first kappa shape index (κ1) is 13.8. The maximum absolute atomic E-state index is 13.2. The molecule has 0 bridgehead atoms. The Morgan fingerprint density at radius 2 is 1.55 bits per heavy atom. The third kappa shape index (κ3) is 2.11. The smallest absolute Gasteiger partial charge is 0.243 e. The summed E-state index contributed by atoms with van der Waals surface area (Å²) in [7, 11) is -3.98. The van der Waals surface area contributed by atoms with Crippen molar-refractivity contribution in [2.45, 2.75) is 4.90 Å². The quantitative estimate of drug-likeness (QED) is 0.828. The van der Waals surface area contributed by atoms with E-state index in [2.05, 4.69) is 5.32 Å². The van der Waals surface area contributed by atoms with E-state index in [9.17, 15) is 21.6 Å². The van der Waals surface area contributed by atoms with Crippen LogP contribution >= 0.6 is 0 Å². The maximum atomic E-state index is 13.2. The van der Waals surface area contributed by atoms with Crippen LogP contribution in [0.15, 0.2) is 17.0 Å². The molecule has 1 aromatic rings. The van der Waals surface area contributed by atoms with Gasteiger partial charge in [0.25, 0.3) is 0 Å². The van der Waals surface area contributed by atoms with Gasteiger partial charge in [0, 0.05) is 13.1 Å². The van der Waals surface area contributed by atoms with Crippen LogP contribution < -0.4 is 5.32 Å². The Bertz CT molecular complexity index is 615. The van der Waals surface area contributed by atoms with Crippen LogP contribution in [0.4, 0.5) is 13.2 Å². The van der Waals surface area contributed by atoms with Gasteiger partial charge in [0.2, 0.25) is 10.0 Å². The minimum Gasteiger partial charge on any atom is -0.316 e. The molecule has 2 aliphatic rings. The molecule has 2 aliphatic heterocycles. The SMILES string of the molecule is O=S(=O)(c1cc(F)c(F)c(F)c1)N1C[C@H]2CNC[C@H]2C1. The highest BCUT2D eigenvalue weighted by Crippen LogP contribution is 2.31. The van der Waals surface area contributed by atoms with E-state index in [-0.39, 0.29) is 11.8 Å². The van der Waals surface area contributed by atoms with E-state index in [0.29, 0.717) is 25.2 Å². The van der Waals surface area contributed by atoms with E-state index >= 15 is 0 Å². The number of nitrogens with zero attached hydrogens (tertiary/aromatic N) is 1. The van der Waals surface area contributed by atoms with Crippen LogP contribution in [-0.2, 0) is 10.0 Å². The number of hydrogen-bond donors (Lipinski definition) is 1. The zero-order valence-electron chi connectivity index (χ0n) is 10.4. The predicted molar refractivity (Wildman–Crippen MR) is 64.9 cm³/mol. The number of nitrogens with one attached hydrogen (secondary N) is 1. The predicted octanol–water partition coefficient (Wildman–Crippen LogP) is 0.944. The number of halogens is 3. The Balaban J connectivity index is 1.93. The van der Waals surface area contributed by atoms with Gasteiger partial charge in [0.15, 0.2) is 17.5 Å². The first-order valence-corrected chi connectivity index (χ1v) is 7.69. The van der Waals surface area contributed by atoms with Crippen molar-refractivity contribution in [3.8, 4) is 0 Å². The summed E-state index contributed by atoms with van der Waals surface area (Å²) in [5, 5.41) is 3.17. The van der Waals surface area contributed by atoms with Crippen molar-refractivity contribution in [2.75, 3.05) is 26.2 Å². The molecule has 0 unspecified atom stereocenters. The lowest BCUT2D eigenvalue weighted by atomic mass is 10.0. The van der Waals surface area contributed by atoms with Gasteiger partial charge in [0.1, 0.15) is 0 Å². The molecular weight excluding hydrogens is 293 g/mol. The number of fused-ring (bicyclic) bond motifs is 1. The summed E-state index contributed by atoms with van der Waals surface area (Å²) < 4.78 is 65.1. The van der Waals surface area contributed by atoms with Crippen LogP contribution in [0.2, 0.25) is 0 Å². The van der Waals surface area contributed by atoms with E-state index in [1.165, 1.54) is 4.31 Å². The van der Waals surface area contributed by atoms with Gasteiger partial charge in [-0.1, -0.05) is 0 Å². The second-order valence-electron chi connectivity index (χ2n) is 5.20. The summed E-state index contributed by atoms with van der Waals surface area (Å²) in [6.45, 7) is 2.12. The molecule has 8 heteroatoms. The van der Waals surface area contributed by atoms with Crippen LogP contribution in [0.1, 0.15) is 0 Å². The molecular formula is C12H13F3N2O2S. The van der Waals surface area contributed by atoms with Gasteiger partial charge in [-0.05, 0) is 37.1 Å². The standard InChI is InChI=1S/C12H13F3N2O2S/c13-10-1-9(2-11(14)12(10)15)20(18,19)17-5-7-3-16-4-8(7)6-17/h1-2,7-8,16H,3-6H2/t7-,8+. The third-order valence-corrected chi connectivity index (χ3v) is 5.76. The molecule has 110 valence electrons. The average Bonchev–Trinajstić information content (AvgIpc) is 2.95. The van der Waals surface area contributed by atoms with Gasteiger partial charge in [-0.2, -0.15) is 4.31 Å². The van der Waals surface area contributed by atoms with Crippen LogP contribution in [0.25, 0.3) is 0 Å². The molecule has 0 radical (unpaired) electrons. The highest BCUT2D eigenvalue weighted by molar-refractivity contribution is 7.89. The summed E-state index contributed by atoms with van der Waals surface area (Å²) in [5.74, 6) is -4.21. The fourth-order valence-corrected chi connectivity index (χ4v) is 4.42. The van der Waals surface area contributed by atoms with Crippen LogP contribution in [0, 0.1) is 29.3 Å². The van der Waals surface area contributed by atoms with E-state index in [1.807, 2.05) is 0 Å². The number of hydrogen-bond acceptors (Lipinski definition) is 3. The normalized spacial score (nSPS) is 26.9. The zero-order chi connectivity index (χ0) is 14.5. The average molecular weight is 306 g/mol. The second kappa shape index (κ2) is 4.71. The van der Waals surface area contributed by atoms with Crippen LogP contribution in [0.5, 0.6) is 0 Å². The summed E-state index contributed by atoms with van der Waals surface area (Å²) in [5.41, 5.74) is 0. The lowest BCUT2D eigenvalue weighted by Gasteiger charge is -2.17. The topological polar surface area (TPSA) is 49.4 Å². The second-order valence-corrected chi connectivity index (χ2v) is 7.14. The summed E-state index contributed by atoms with van der Waals surface area (Å²) in [6.07, 6.45) is 0. The Morgan fingerprint density at radius 3 is 2.05 bits per heavy atom. The fraction of sp³-hybridized carbons (Fsp3) is 0.500. The first-order valence-electron chi connectivity index (χ1n) is 6.25. The minimum absolute atomic E-state index is 0.222. The first-order chi connectivity index (χ1) is 9.39. The lowest BCUT2D eigenvalue weighted by molar-refractivity contribution is 0.432. The molecule has 2 fully saturated rings. The fourth-order valence-electron chi connectivity index (χ4n) is 2.84. The van der Waals surface area contributed by atoms with E-state index < -0.39 is 32.4 Å². The highest BCUT2D eigenvalue weighted by atomic mass is 32.2. The highest BCUT2D eigenvalue weighted by Gasteiger charge is 2.41.